The van der Waals surface area contributed by atoms with E-state index in [4.69, 9.17) is 11.6 Å². The molecule has 3 rings (SSSR count). The molecule has 0 heterocycles. The van der Waals surface area contributed by atoms with Gasteiger partial charge in [-0.1, -0.05) is 43.0 Å². The van der Waals surface area contributed by atoms with Crippen molar-refractivity contribution < 1.29 is 4.79 Å². The summed E-state index contributed by atoms with van der Waals surface area (Å²) in [5.41, 5.74) is 2.78. The van der Waals surface area contributed by atoms with Gasteiger partial charge in [-0.2, -0.15) is 0 Å². The maximum atomic E-state index is 12.4. The topological polar surface area (TPSA) is 29.1 Å². The Labute approximate surface area is 136 Å². The van der Waals surface area contributed by atoms with Crippen molar-refractivity contribution in [3.8, 4) is 0 Å². The van der Waals surface area contributed by atoms with Crippen molar-refractivity contribution in [1.29, 1.82) is 0 Å². The van der Waals surface area contributed by atoms with Crippen LogP contribution in [0.5, 0.6) is 0 Å². The summed E-state index contributed by atoms with van der Waals surface area (Å²) in [5, 5.41) is 3.58. The molecule has 114 valence electrons. The fourth-order valence-corrected chi connectivity index (χ4v) is 3.23. The van der Waals surface area contributed by atoms with Crippen LogP contribution in [0.25, 0.3) is 0 Å². The molecule has 1 N–H and O–H groups in total. The molecule has 0 saturated heterocycles. The summed E-state index contributed by atoms with van der Waals surface area (Å²) in [7, 11) is 0. The number of rotatable bonds is 3. The monoisotopic (exact) mass is 313 g/mol. The van der Waals surface area contributed by atoms with Gasteiger partial charge in [0.1, 0.15) is 0 Å². The van der Waals surface area contributed by atoms with E-state index in [0.717, 1.165) is 11.3 Å². The highest BCUT2D eigenvalue weighted by atomic mass is 35.5. The minimum absolute atomic E-state index is 0.0695. The van der Waals surface area contributed by atoms with Crippen molar-refractivity contribution in [2.45, 2.75) is 38.0 Å². The van der Waals surface area contributed by atoms with Crippen LogP contribution in [0.15, 0.2) is 48.5 Å². The zero-order valence-electron chi connectivity index (χ0n) is 12.5. The summed E-state index contributed by atoms with van der Waals surface area (Å²) in [4.78, 5) is 12.4. The first kappa shape index (κ1) is 15.1. The van der Waals surface area contributed by atoms with Gasteiger partial charge in [-0.25, -0.2) is 0 Å². The Morgan fingerprint density at radius 2 is 1.73 bits per heavy atom. The van der Waals surface area contributed by atoms with Crippen LogP contribution < -0.4 is 5.32 Å². The molecule has 0 aliphatic heterocycles. The molecular weight excluding hydrogens is 294 g/mol. The molecule has 1 saturated carbocycles. The van der Waals surface area contributed by atoms with Gasteiger partial charge < -0.3 is 5.32 Å². The van der Waals surface area contributed by atoms with Gasteiger partial charge in [0.15, 0.2) is 0 Å². The first-order valence-electron chi connectivity index (χ1n) is 7.89. The van der Waals surface area contributed by atoms with Gasteiger partial charge in [-0.3, -0.25) is 4.79 Å². The summed E-state index contributed by atoms with van der Waals surface area (Å²) in [5.74, 6) is 0.539. The van der Waals surface area contributed by atoms with Crippen LogP contribution in [0, 0.1) is 0 Å². The molecule has 1 aliphatic rings. The molecule has 0 bridgehead atoms. The van der Waals surface area contributed by atoms with E-state index in [9.17, 15) is 4.79 Å². The molecule has 1 aliphatic carbocycles. The largest absolute Gasteiger partial charge is 0.322 e. The predicted molar refractivity (Wildman–Crippen MR) is 91.7 cm³/mol. The number of carbonyl (C=O) groups excluding carboxylic acids is 1. The summed E-state index contributed by atoms with van der Waals surface area (Å²) < 4.78 is 0. The highest BCUT2D eigenvalue weighted by Crippen LogP contribution is 2.32. The first-order valence-corrected chi connectivity index (χ1v) is 8.27. The molecule has 0 aromatic heterocycles. The quantitative estimate of drug-likeness (QED) is 0.780. The highest BCUT2D eigenvalue weighted by Gasteiger charge is 2.16. The van der Waals surface area contributed by atoms with Crippen LogP contribution in [0.3, 0.4) is 0 Å². The molecule has 1 fully saturated rings. The lowest BCUT2D eigenvalue weighted by Crippen LogP contribution is -2.13. The molecule has 2 aromatic rings. The Morgan fingerprint density at radius 3 is 2.45 bits per heavy atom. The Balaban J connectivity index is 1.73. The second-order valence-corrected chi connectivity index (χ2v) is 6.36. The van der Waals surface area contributed by atoms with E-state index in [1.165, 1.54) is 37.7 Å². The third-order valence-corrected chi connectivity index (χ3v) is 4.58. The fraction of sp³-hybridized carbons (Fsp3) is 0.316. The minimum atomic E-state index is -0.0695. The average molecular weight is 314 g/mol. The number of hydrogen-bond acceptors (Lipinski definition) is 1. The number of hydrogen-bond donors (Lipinski definition) is 1. The molecule has 0 spiro atoms. The van der Waals surface area contributed by atoms with E-state index < -0.39 is 0 Å². The van der Waals surface area contributed by atoms with E-state index in [2.05, 4.69) is 11.4 Å². The number of amides is 1. The Morgan fingerprint density at radius 1 is 1.00 bits per heavy atom. The van der Waals surface area contributed by atoms with Gasteiger partial charge in [0.25, 0.3) is 5.91 Å². The normalized spacial score (nSPS) is 15.5. The fourth-order valence-electron chi connectivity index (χ4n) is 3.11. The number of halogens is 1. The molecule has 2 nitrogen and oxygen atoms in total. The lowest BCUT2D eigenvalue weighted by molar-refractivity contribution is 0.102. The number of benzene rings is 2. The first-order chi connectivity index (χ1) is 10.7. The molecule has 1 amide bonds. The summed E-state index contributed by atoms with van der Waals surface area (Å²) >= 11 is 5.86. The van der Waals surface area contributed by atoms with Crippen molar-refractivity contribution in [2.24, 2.45) is 0 Å². The highest BCUT2D eigenvalue weighted by molar-refractivity contribution is 6.30. The van der Waals surface area contributed by atoms with Gasteiger partial charge in [0, 0.05) is 16.3 Å². The van der Waals surface area contributed by atoms with Gasteiger partial charge in [-0.15, -0.1) is 0 Å². The van der Waals surface area contributed by atoms with Crippen LogP contribution in [0.1, 0.15) is 53.9 Å². The van der Waals surface area contributed by atoms with E-state index in [1.54, 1.807) is 12.1 Å². The number of anilines is 1. The van der Waals surface area contributed by atoms with Crippen molar-refractivity contribution in [1.82, 2.24) is 0 Å². The van der Waals surface area contributed by atoms with Gasteiger partial charge >= 0.3 is 0 Å². The SMILES string of the molecule is O=C(Nc1ccc(Cl)cc1)c1cccc(C2CCCCC2)c1. The van der Waals surface area contributed by atoms with Gasteiger partial charge in [-0.05, 0) is 60.7 Å². The summed E-state index contributed by atoms with van der Waals surface area (Å²) in [6.45, 7) is 0. The molecule has 3 heteroatoms. The summed E-state index contributed by atoms with van der Waals surface area (Å²) in [6.07, 6.45) is 6.41. The Hall–Kier alpha value is -1.80. The average Bonchev–Trinajstić information content (AvgIpc) is 2.58. The number of nitrogens with one attached hydrogen (secondary N) is 1. The molecule has 0 radical (unpaired) electrons. The van der Waals surface area contributed by atoms with Crippen molar-refractivity contribution in [3.63, 3.8) is 0 Å². The second-order valence-electron chi connectivity index (χ2n) is 5.92. The zero-order chi connectivity index (χ0) is 15.4. The maximum Gasteiger partial charge on any atom is 0.255 e. The van der Waals surface area contributed by atoms with Crippen LogP contribution in [0.4, 0.5) is 5.69 Å². The van der Waals surface area contributed by atoms with Crippen LogP contribution >= 0.6 is 11.6 Å². The molecule has 0 atom stereocenters. The van der Waals surface area contributed by atoms with E-state index in [-0.39, 0.29) is 5.91 Å². The molecular formula is C19H20ClNO. The van der Waals surface area contributed by atoms with Crippen molar-refractivity contribution >= 4 is 23.2 Å². The number of carbonyl (C=O) groups is 1. The smallest absolute Gasteiger partial charge is 0.255 e. The third kappa shape index (κ3) is 3.69. The van der Waals surface area contributed by atoms with Crippen LogP contribution in [-0.2, 0) is 0 Å². The van der Waals surface area contributed by atoms with Gasteiger partial charge in [0.05, 0.1) is 0 Å². The van der Waals surface area contributed by atoms with Crippen LogP contribution in [-0.4, -0.2) is 5.91 Å². The molecule has 0 unspecified atom stereocenters. The van der Waals surface area contributed by atoms with Gasteiger partial charge in [0.2, 0.25) is 0 Å². The minimum Gasteiger partial charge on any atom is -0.322 e. The lowest BCUT2D eigenvalue weighted by Gasteiger charge is -2.22. The molecule has 2 aromatic carbocycles. The van der Waals surface area contributed by atoms with E-state index >= 15 is 0 Å². The lowest BCUT2D eigenvalue weighted by atomic mass is 9.83. The summed E-state index contributed by atoms with van der Waals surface area (Å²) in [6, 6.07) is 15.2. The van der Waals surface area contributed by atoms with E-state index in [0.29, 0.717) is 10.9 Å². The zero-order valence-corrected chi connectivity index (χ0v) is 13.3. The van der Waals surface area contributed by atoms with Crippen LogP contribution in [0.2, 0.25) is 5.02 Å². The standard InChI is InChI=1S/C19H20ClNO/c20-17-9-11-18(12-10-17)21-19(22)16-8-4-7-15(13-16)14-5-2-1-3-6-14/h4,7-14H,1-3,5-6H2,(H,21,22). The van der Waals surface area contributed by atoms with Crippen molar-refractivity contribution in [2.75, 3.05) is 5.32 Å². The predicted octanol–water partition coefficient (Wildman–Crippen LogP) is 5.64. The van der Waals surface area contributed by atoms with Crippen molar-refractivity contribution in [3.05, 3.63) is 64.7 Å². The Kier molecular flexibility index (Phi) is 4.79. The maximum absolute atomic E-state index is 12.4. The Bertz CT molecular complexity index is 645. The third-order valence-electron chi connectivity index (χ3n) is 4.33. The molecule has 22 heavy (non-hydrogen) atoms. The van der Waals surface area contributed by atoms with E-state index in [1.807, 2.05) is 30.3 Å². The second kappa shape index (κ2) is 6.97.